The first-order valence-electron chi connectivity index (χ1n) is 25.2. The van der Waals surface area contributed by atoms with E-state index in [-0.39, 0.29) is 51.5 Å². The highest BCUT2D eigenvalue weighted by molar-refractivity contribution is 5.91. The van der Waals surface area contributed by atoms with E-state index in [9.17, 15) is 34.2 Å². The fourth-order valence-electron chi connectivity index (χ4n) is 7.25. The number of carbonyl (C=O) groups is 5. The Kier molecular flexibility index (Phi) is 30.1. The van der Waals surface area contributed by atoms with Crippen molar-refractivity contribution in [1.82, 2.24) is 46.9 Å². The molecule has 73 heavy (non-hydrogen) atoms. The number of benzene rings is 3. The number of amides is 4. The largest absolute Gasteiger partial charge is 0.461 e. The minimum absolute atomic E-state index is 0.00617. The van der Waals surface area contributed by atoms with Crippen LogP contribution in [-0.4, -0.2) is 131 Å². The number of nitrogens with zero attached hydrogens (tertiary/aromatic N) is 3. The van der Waals surface area contributed by atoms with Crippen LogP contribution in [0, 0.1) is 5.92 Å². The van der Waals surface area contributed by atoms with Crippen LogP contribution in [0.4, 0.5) is 0 Å². The quantitative estimate of drug-likeness (QED) is 0.0185. The second-order valence-corrected chi connectivity index (χ2v) is 17.9. The van der Waals surface area contributed by atoms with Crippen molar-refractivity contribution in [2.75, 3.05) is 39.4 Å². The molecule has 6 atom stereocenters. The molecule has 3 aromatic carbocycles. The first kappa shape index (κ1) is 61.2. The molecule has 0 spiro atoms. The van der Waals surface area contributed by atoms with E-state index >= 15 is 0 Å². The fourth-order valence-corrected chi connectivity index (χ4v) is 7.25. The van der Waals surface area contributed by atoms with Crippen LogP contribution in [0.5, 0.6) is 0 Å². The molecule has 20 heteroatoms. The van der Waals surface area contributed by atoms with Gasteiger partial charge in [0, 0.05) is 45.6 Å². The molecule has 1 heterocycles. The number of aliphatic hydroxyl groups excluding tert-OH is 2. The molecule has 0 fully saturated rings. The third kappa shape index (κ3) is 26.4. The summed E-state index contributed by atoms with van der Waals surface area (Å²) in [5.74, 6) is -3.38. The van der Waals surface area contributed by atoms with Crippen molar-refractivity contribution in [3.8, 4) is 0 Å². The number of aliphatic hydroxyl groups is 2. The van der Waals surface area contributed by atoms with Gasteiger partial charge in [0.2, 0.25) is 23.6 Å². The molecule has 0 saturated carbocycles. The summed E-state index contributed by atoms with van der Waals surface area (Å²) < 4.78 is 18.5. The number of esters is 1. The lowest BCUT2D eigenvalue weighted by atomic mass is 10.00. The maximum absolute atomic E-state index is 14.2. The van der Waals surface area contributed by atoms with Gasteiger partial charge in [-0.25, -0.2) is 4.68 Å². The second kappa shape index (κ2) is 35.9. The minimum atomic E-state index is -1.70. The third-order valence-electron chi connectivity index (χ3n) is 10.9. The number of ether oxygens (including phenoxy) is 3. The van der Waals surface area contributed by atoms with E-state index in [0.29, 0.717) is 13.2 Å². The van der Waals surface area contributed by atoms with Gasteiger partial charge in [-0.3, -0.25) is 29.3 Å². The molecule has 20 nitrogen and oxygen atoms in total. The van der Waals surface area contributed by atoms with Crippen molar-refractivity contribution in [2.24, 2.45) is 11.7 Å². The molecule has 1 aromatic heterocycles. The average molecular weight is 1020 g/mol. The highest BCUT2D eigenvalue weighted by atomic mass is 16.6. The van der Waals surface area contributed by atoms with Gasteiger partial charge in [-0.1, -0.05) is 130 Å². The first-order chi connectivity index (χ1) is 35.2. The Bertz CT molecular complexity index is 2150. The van der Waals surface area contributed by atoms with Gasteiger partial charge in [-0.05, 0) is 48.4 Å². The lowest BCUT2D eigenvalue weighted by molar-refractivity contribution is -0.148. The van der Waals surface area contributed by atoms with E-state index in [1.807, 2.05) is 74.6 Å². The van der Waals surface area contributed by atoms with Crippen LogP contribution in [0.25, 0.3) is 0 Å². The Labute approximate surface area is 430 Å². The zero-order valence-electron chi connectivity index (χ0n) is 43.2. The summed E-state index contributed by atoms with van der Waals surface area (Å²) in [6.45, 7) is 13.1. The number of hydrogen-bond donors (Lipinski definition) is 9. The number of aromatic nitrogens is 3. The fraction of sp³-hybridized carbons (Fsp3) is 0.528. The summed E-state index contributed by atoms with van der Waals surface area (Å²) in [5.41, 5.74) is 8.39. The molecule has 0 aliphatic carbocycles. The van der Waals surface area contributed by atoms with Crippen LogP contribution < -0.4 is 37.6 Å². The van der Waals surface area contributed by atoms with Gasteiger partial charge in [0.1, 0.15) is 24.9 Å². The van der Waals surface area contributed by atoms with E-state index in [2.05, 4.69) is 56.1 Å². The summed E-state index contributed by atoms with van der Waals surface area (Å²) in [7, 11) is 0. The van der Waals surface area contributed by atoms with Crippen molar-refractivity contribution in [3.63, 3.8) is 0 Å². The van der Waals surface area contributed by atoms with Crippen molar-refractivity contribution in [2.45, 2.75) is 136 Å². The van der Waals surface area contributed by atoms with Crippen LogP contribution in [0.3, 0.4) is 0 Å². The Morgan fingerprint density at radius 1 is 0.712 bits per heavy atom. The van der Waals surface area contributed by atoms with E-state index < -0.39 is 72.7 Å². The Morgan fingerprint density at radius 3 is 1.95 bits per heavy atom. The van der Waals surface area contributed by atoms with Crippen molar-refractivity contribution in [1.29, 1.82) is 0 Å². The molecular weight excluding hydrogens is 937 g/mol. The predicted octanol–water partition coefficient (Wildman–Crippen LogP) is 2.41. The lowest BCUT2D eigenvalue weighted by Gasteiger charge is -2.32. The van der Waals surface area contributed by atoms with Crippen LogP contribution in [0.2, 0.25) is 0 Å². The smallest absolute Gasteiger partial charge is 0.308 e. The average Bonchev–Trinajstić information content (AvgIpc) is 3.83. The molecule has 402 valence electrons. The molecular formula is C53H80N10O10. The number of aryl methyl sites for hydroxylation is 1. The standard InChI is InChI=1S/C48H66N8O10.C5H14N2/c1-5-15-38-30-56(55-54-38)23-25-64-24-22-49-45(60)40(27-35-16-9-6-10-17-35)52-46(61)39(26-33(2)3)51-48(63)42(29-44(59)66-32-37-20-13-8-14-21-37)53-47(62)41(50-34(4)57)28-43(58)65-31-36-18-11-7-12-19-36;1-2-4-7-5-3-6/h6-14,16-21,30,33,39-42,44,48,51,59,63H,5,15,22-29,31-32H2,1-4H3,(H,49,60)(H,50,57)(H,52,61)(H,53,62);7H,2-6H2,1H3/t39?,40-,41+,42-,44?,48?;/m0./s1. The summed E-state index contributed by atoms with van der Waals surface area (Å²) in [4.78, 5) is 66.9. The highest BCUT2D eigenvalue weighted by Gasteiger charge is 2.34. The van der Waals surface area contributed by atoms with Crippen LogP contribution in [0.1, 0.15) is 89.1 Å². The molecule has 4 aromatic rings. The van der Waals surface area contributed by atoms with Gasteiger partial charge in [-0.15, -0.1) is 5.10 Å². The number of nitrogens with one attached hydrogen (secondary N) is 6. The van der Waals surface area contributed by atoms with E-state index in [0.717, 1.165) is 54.9 Å². The molecule has 0 radical (unpaired) electrons. The zero-order chi connectivity index (χ0) is 53.2. The number of rotatable bonds is 34. The normalized spacial score (nSPS) is 13.5. The maximum atomic E-state index is 14.2. The van der Waals surface area contributed by atoms with Crippen molar-refractivity contribution < 1.29 is 48.4 Å². The van der Waals surface area contributed by atoms with Crippen LogP contribution in [-0.2, 0) is 70.8 Å². The maximum Gasteiger partial charge on any atom is 0.308 e. The van der Waals surface area contributed by atoms with Gasteiger partial charge >= 0.3 is 5.97 Å². The van der Waals surface area contributed by atoms with Gasteiger partial charge in [-0.2, -0.15) is 0 Å². The minimum Gasteiger partial charge on any atom is -0.461 e. The van der Waals surface area contributed by atoms with Gasteiger partial charge < -0.3 is 56.7 Å². The zero-order valence-corrected chi connectivity index (χ0v) is 43.2. The molecule has 0 aliphatic rings. The van der Waals surface area contributed by atoms with Gasteiger partial charge in [0.15, 0.2) is 6.29 Å². The number of hydrogen-bond acceptors (Lipinski definition) is 15. The Balaban J connectivity index is 0.00000187. The molecule has 0 saturated heterocycles. The molecule has 0 bridgehead atoms. The van der Waals surface area contributed by atoms with Crippen molar-refractivity contribution in [3.05, 3.63) is 120 Å². The van der Waals surface area contributed by atoms with Crippen LogP contribution >= 0.6 is 0 Å². The van der Waals surface area contributed by atoms with Crippen LogP contribution in [0.15, 0.2) is 97.2 Å². The molecule has 4 rings (SSSR count). The monoisotopic (exact) mass is 1020 g/mol. The summed E-state index contributed by atoms with van der Waals surface area (Å²) in [6, 6.07) is 22.3. The topological polar surface area (TPSA) is 282 Å². The van der Waals surface area contributed by atoms with Crippen molar-refractivity contribution >= 4 is 29.6 Å². The van der Waals surface area contributed by atoms with E-state index in [1.165, 1.54) is 13.3 Å². The highest BCUT2D eigenvalue weighted by Crippen LogP contribution is 2.14. The molecule has 4 amide bonds. The molecule has 3 unspecified atom stereocenters. The second-order valence-electron chi connectivity index (χ2n) is 17.9. The number of nitrogens with two attached hydrogens (primary N) is 1. The SMILES string of the molecule is CCCNCCN.CCCc1cn(CCOCCNC(=O)[C@H](Cc2ccccc2)NC(=O)C(CC(C)C)NC(O)[C@H](CC(O)OCc2ccccc2)NC(=O)[C@@H](CC(=O)OCc2ccccc2)NC(C)=O)nn1. The molecule has 10 N–H and O–H groups in total. The Hall–Kier alpha value is -6.13. The summed E-state index contributed by atoms with van der Waals surface area (Å²) in [5, 5.41) is 48.0. The number of carbonyl (C=O) groups excluding carboxylic acids is 5. The Morgan fingerprint density at radius 2 is 1.34 bits per heavy atom. The predicted molar refractivity (Wildman–Crippen MR) is 277 cm³/mol. The lowest BCUT2D eigenvalue weighted by Crippen LogP contribution is -2.61. The summed E-state index contributed by atoms with van der Waals surface area (Å²) in [6.07, 6.45) is 1.09. The van der Waals surface area contributed by atoms with E-state index in [4.69, 9.17) is 19.9 Å². The van der Waals surface area contributed by atoms with Gasteiger partial charge in [0.25, 0.3) is 0 Å². The third-order valence-corrected chi connectivity index (χ3v) is 10.9. The molecule has 0 aliphatic heterocycles. The van der Waals surface area contributed by atoms with Gasteiger partial charge in [0.05, 0.1) is 50.6 Å². The summed E-state index contributed by atoms with van der Waals surface area (Å²) >= 11 is 0. The van der Waals surface area contributed by atoms with E-state index in [1.54, 1.807) is 41.1 Å². The first-order valence-corrected chi connectivity index (χ1v) is 25.2.